The molecule has 1 aliphatic rings. The van der Waals surface area contributed by atoms with Crippen LogP contribution >= 0.6 is 0 Å². The van der Waals surface area contributed by atoms with Crippen LogP contribution in [0.1, 0.15) is 26.2 Å². The highest BCUT2D eigenvalue weighted by Crippen LogP contribution is 2.18. The van der Waals surface area contributed by atoms with E-state index < -0.39 is 0 Å². The van der Waals surface area contributed by atoms with Crippen LogP contribution in [-0.2, 0) is 4.74 Å². The molecule has 0 aromatic rings. The van der Waals surface area contributed by atoms with Crippen molar-refractivity contribution in [1.82, 2.24) is 0 Å². The largest absolute Gasteiger partial charge is 0.381 e. The Morgan fingerprint density at radius 1 is 1.50 bits per heavy atom. The van der Waals surface area contributed by atoms with E-state index >= 15 is 0 Å². The SMILES string of the molecule is CC(N)CC1CCOCC1. The predicted molar refractivity (Wildman–Crippen MR) is 41.8 cm³/mol. The Labute approximate surface area is 62.7 Å². The summed E-state index contributed by atoms with van der Waals surface area (Å²) >= 11 is 0. The van der Waals surface area contributed by atoms with Crippen molar-refractivity contribution in [3.63, 3.8) is 0 Å². The van der Waals surface area contributed by atoms with Crippen LogP contribution in [0.5, 0.6) is 0 Å². The maximum atomic E-state index is 5.68. The molecule has 2 N–H and O–H groups in total. The monoisotopic (exact) mass is 143 g/mol. The lowest BCUT2D eigenvalue weighted by molar-refractivity contribution is 0.0624. The Balaban J connectivity index is 2.13. The zero-order chi connectivity index (χ0) is 7.40. The predicted octanol–water partition coefficient (Wildman–Crippen LogP) is 1.15. The molecule has 1 saturated heterocycles. The van der Waals surface area contributed by atoms with E-state index in [-0.39, 0.29) is 0 Å². The summed E-state index contributed by atoms with van der Waals surface area (Å²) in [4.78, 5) is 0. The molecular weight excluding hydrogens is 126 g/mol. The van der Waals surface area contributed by atoms with Crippen molar-refractivity contribution in [2.45, 2.75) is 32.2 Å². The Morgan fingerprint density at radius 2 is 2.10 bits per heavy atom. The fourth-order valence-electron chi connectivity index (χ4n) is 1.51. The summed E-state index contributed by atoms with van der Waals surface area (Å²) < 4.78 is 5.24. The van der Waals surface area contributed by atoms with Crippen LogP contribution in [-0.4, -0.2) is 19.3 Å². The molecule has 0 amide bonds. The molecule has 10 heavy (non-hydrogen) atoms. The molecule has 1 rings (SSSR count). The van der Waals surface area contributed by atoms with E-state index in [2.05, 4.69) is 6.92 Å². The number of nitrogens with two attached hydrogens (primary N) is 1. The maximum absolute atomic E-state index is 5.68. The Bertz CT molecular complexity index is 87.3. The number of ether oxygens (including phenoxy) is 1. The van der Waals surface area contributed by atoms with Gasteiger partial charge >= 0.3 is 0 Å². The molecule has 0 aliphatic carbocycles. The smallest absolute Gasteiger partial charge is 0.0468 e. The van der Waals surface area contributed by atoms with E-state index in [1.807, 2.05) is 0 Å². The van der Waals surface area contributed by atoms with E-state index in [4.69, 9.17) is 10.5 Å². The van der Waals surface area contributed by atoms with Crippen molar-refractivity contribution in [2.24, 2.45) is 11.7 Å². The van der Waals surface area contributed by atoms with Gasteiger partial charge in [0.05, 0.1) is 0 Å². The summed E-state index contributed by atoms with van der Waals surface area (Å²) in [5, 5.41) is 0. The zero-order valence-electron chi connectivity index (χ0n) is 6.68. The van der Waals surface area contributed by atoms with E-state index in [0.29, 0.717) is 6.04 Å². The lowest BCUT2D eigenvalue weighted by Crippen LogP contribution is -2.24. The Hall–Kier alpha value is -0.0800. The van der Waals surface area contributed by atoms with E-state index in [1.54, 1.807) is 0 Å². The molecule has 0 aromatic carbocycles. The van der Waals surface area contributed by atoms with Gasteiger partial charge < -0.3 is 10.5 Å². The van der Waals surface area contributed by atoms with Gasteiger partial charge in [0.1, 0.15) is 0 Å². The first-order valence-electron chi connectivity index (χ1n) is 4.12. The minimum Gasteiger partial charge on any atom is -0.381 e. The van der Waals surface area contributed by atoms with E-state index in [0.717, 1.165) is 19.1 Å². The van der Waals surface area contributed by atoms with Crippen LogP contribution in [0.3, 0.4) is 0 Å². The average molecular weight is 143 g/mol. The molecular formula is C8H17NO. The van der Waals surface area contributed by atoms with Crippen LogP contribution in [0, 0.1) is 5.92 Å². The van der Waals surface area contributed by atoms with Gasteiger partial charge in [-0.2, -0.15) is 0 Å². The first kappa shape index (κ1) is 8.02. The summed E-state index contributed by atoms with van der Waals surface area (Å²) in [6, 6.07) is 0.364. The molecule has 0 bridgehead atoms. The van der Waals surface area contributed by atoms with Crippen molar-refractivity contribution >= 4 is 0 Å². The molecule has 0 spiro atoms. The van der Waals surface area contributed by atoms with Crippen LogP contribution in [0.25, 0.3) is 0 Å². The molecule has 1 fully saturated rings. The third kappa shape index (κ3) is 2.67. The summed E-state index contributed by atoms with van der Waals surface area (Å²) in [7, 11) is 0. The molecule has 1 heterocycles. The first-order chi connectivity index (χ1) is 4.79. The van der Waals surface area contributed by atoms with E-state index in [9.17, 15) is 0 Å². The second-order valence-electron chi connectivity index (χ2n) is 3.27. The van der Waals surface area contributed by atoms with Gasteiger partial charge in [0.15, 0.2) is 0 Å². The lowest BCUT2D eigenvalue weighted by atomic mass is 9.93. The Morgan fingerprint density at radius 3 is 2.60 bits per heavy atom. The summed E-state index contributed by atoms with van der Waals surface area (Å²) in [5.74, 6) is 0.828. The molecule has 60 valence electrons. The van der Waals surface area contributed by atoms with Crippen molar-refractivity contribution in [1.29, 1.82) is 0 Å². The van der Waals surface area contributed by atoms with Gasteiger partial charge in [0.25, 0.3) is 0 Å². The van der Waals surface area contributed by atoms with Crippen LogP contribution in [0.4, 0.5) is 0 Å². The standard InChI is InChI=1S/C8H17NO/c1-7(9)6-8-2-4-10-5-3-8/h7-8H,2-6,9H2,1H3. The van der Waals surface area contributed by atoms with Gasteiger partial charge in [-0.3, -0.25) is 0 Å². The third-order valence-corrected chi connectivity index (χ3v) is 2.05. The molecule has 0 aromatic heterocycles. The van der Waals surface area contributed by atoms with Gasteiger partial charge in [-0.15, -0.1) is 0 Å². The summed E-state index contributed by atoms with van der Waals surface area (Å²) in [6.45, 7) is 3.96. The highest BCUT2D eigenvalue weighted by molar-refractivity contribution is 4.67. The molecule has 0 saturated carbocycles. The van der Waals surface area contributed by atoms with Gasteiger partial charge in [-0.1, -0.05) is 0 Å². The minimum absolute atomic E-state index is 0.364. The van der Waals surface area contributed by atoms with Crippen LogP contribution in [0.2, 0.25) is 0 Å². The third-order valence-electron chi connectivity index (χ3n) is 2.05. The van der Waals surface area contributed by atoms with Crippen molar-refractivity contribution in [3.05, 3.63) is 0 Å². The van der Waals surface area contributed by atoms with Gasteiger partial charge in [0.2, 0.25) is 0 Å². The topological polar surface area (TPSA) is 35.2 Å². The number of rotatable bonds is 2. The van der Waals surface area contributed by atoms with Crippen molar-refractivity contribution in [3.8, 4) is 0 Å². The lowest BCUT2D eigenvalue weighted by Gasteiger charge is -2.23. The van der Waals surface area contributed by atoms with Gasteiger partial charge in [-0.05, 0) is 32.1 Å². The molecule has 2 nitrogen and oxygen atoms in total. The molecule has 1 aliphatic heterocycles. The second kappa shape index (κ2) is 3.94. The normalized spacial score (nSPS) is 24.6. The van der Waals surface area contributed by atoms with Crippen LogP contribution in [0.15, 0.2) is 0 Å². The Kier molecular flexibility index (Phi) is 3.16. The second-order valence-corrected chi connectivity index (χ2v) is 3.27. The van der Waals surface area contributed by atoms with Crippen molar-refractivity contribution in [2.75, 3.05) is 13.2 Å². The summed E-state index contributed by atoms with van der Waals surface area (Å²) in [6.07, 6.45) is 3.59. The van der Waals surface area contributed by atoms with E-state index in [1.165, 1.54) is 19.3 Å². The summed E-state index contributed by atoms with van der Waals surface area (Å²) in [5.41, 5.74) is 5.68. The van der Waals surface area contributed by atoms with Gasteiger partial charge in [-0.25, -0.2) is 0 Å². The highest BCUT2D eigenvalue weighted by Gasteiger charge is 2.14. The van der Waals surface area contributed by atoms with Gasteiger partial charge in [0, 0.05) is 19.3 Å². The first-order valence-corrected chi connectivity index (χ1v) is 4.12. The van der Waals surface area contributed by atoms with Crippen molar-refractivity contribution < 1.29 is 4.74 Å². The molecule has 1 unspecified atom stereocenters. The minimum atomic E-state index is 0.364. The molecule has 1 atom stereocenters. The zero-order valence-corrected chi connectivity index (χ0v) is 6.68. The van der Waals surface area contributed by atoms with Crippen LogP contribution < -0.4 is 5.73 Å². The fraction of sp³-hybridized carbons (Fsp3) is 1.00. The average Bonchev–Trinajstić information content (AvgIpc) is 1.88. The number of hydrogen-bond donors (Lipinski definition) is 1. The quantitative estimate of drug-likeness (QED) is 0.629. The maximum Gasteiger partial charge on any atom is 0.0468 e. The molecule has 0 radical (unpaired) electrons. The fourth-order valence-corrected chi connectivity index (χ4v) is 1.51. The number of hydrogen-bond acceptors (Lipinski definition) is 2. The molecule has 2 heteroatoms. The highest BCUT2D eigenvalue weighted by atomic mass is 16.5.